The average Bonchev–Trinajstić information content (AvgIpc) is 2.28. The summed E-state index contributed by atoms with van der Waals surface area (Å²) in [6, 6.07) is 7.66. The molecule has 18 heavy (non-hydrogen) atoms. The van der Waals surface area contributed by atoms with Gasteiger partial charge in [-0.2, -0.15) is 0 Å². The molecular weight excluding hydrogens is 226 g/mol. The van der Waals surface area contributed by atoms with Crippen LogP contribution in [0.25, 0.3) is 11.1 Å². The molecule has 0 radical (unpaired) electrons. The van der Waals surface area contributed by atoms with Gasteiger partial charge >= 0.3 is 5.97 Å². The Kier molecular flexibility index (Phi) is 3.15. The van der Waals surface area contributed by atoms with Crippen LogP contribution in [0.15, 0.2) is 30.5 Å². The third-order valence-electron chi connectivity index (χ3n) is 2.94. The molecule has 1 N–H and O–H groups in total. The monoisotopic (exact) mass is 241 g/mol. The Labute approximate surface area is 106 Å². The lowest BCUT2D eigenvalue weighted by molar-refractivity contribution is 0.0690. The summed E-state index contributed by atoms with van der Waals surface area (Å²) < 4.78 is 0. The molecule has 0 amide bonds. The minimum Gasteiger partial charge on any atom is -0.477 e. The summed E-state index contributed by atoms with van der Waals surface area (Å²) in [6.45, 7) is 6.13. The van der Waals surface area contributed by atoms with Crippen LogP contribution >= 0.6 is 0 Å². The lowest BCUT2D eigenvalue weighted by Gasteiger charge is -2.11. The van der Waals surface area contributed by atoms with E-state index >= 15 is 0 Å². The molecule has 1 aromatic carbocycles. The van der Waals surface area contributed by atoms with Crippen LogP contribution in [0.1, 0.15) is 27.2 Å². The smallest absolute Gasteiger partial charge is 0.354 e. The molecule has 2 aromatic rings. The van der Waals surface area contributed by atoms with E-state index in [4.69, 9.17) is 5.11 Å². The van der Waals surface area contributed by atoms with Gasteiger partial charge in [0, 0.05) is 6.20 Å². The molecule has 0 saturated carbocycles. The molecule has 0 unspecified atom stereocenters. The summed E-state index contributed by atoms with van der Waals surface area (Å²) in [4.78, 5) is 14.8. The summed E-state index contributed by atoms with van der Waals surface area (Å²) in [5.41, 5.74) is 5.57. The Morgan fingerprint density at radius 1 is 1.11 bits per heavy atom. The van der Waals surface area contributed by atoms with Crippen LogP contribution in [-0.4, -0.2) is 16.1 Å². The van der Waals surface area contributed by atoms with Gasteiger partial charge in [-0.05, 0) is 55.2 Å². The van der Waals surface area contributed by atoms with Crippen LogP contribution in [0.5, 0.6) is 0 Å². The zero-order valence-electron chi connectivity index (χ0n) is 10.7. The van der Waals surface area contributed by atoms with Gasteiger partial charge in [-0.3, -0.25) is 0 Å². The highest BCUT2D eigenvalue weighted by Crippen LogP contribution is 2.28. The van der Waals surface area contributed by atoms with E-state index < -0.39 is 5.97 Å². The molecule has 3 heteroatoms. The second-order valence-electron chi connectivity index (χ2n) is 4.51. The number of aromatic nitrogens is 1. The van der Waals surface area contributed by atoms with Gasteiger partial charge in [0.15, 0.2) is 0 Å². The van der Waals surface area contributed by atoms with Crippen molar-refractivity contribution < 1.29 is 9.90 Å². The number of hydrogen-bond donors (Lipinski definition) is 1. The average molecular weight is 241 g/mol. The number of rotatable bonds is 2. The van der Waals surface area contributed by atoms with Crippen molar-refractivity contribution in [3.05, 3.63) is 52.8 Å². The first kappa shape index (κ1) is 12.3. The number of carbonyl (C=O) groups is 1. The van der Waals surface area contributed by atoms with Gasteiger partial charge in [0.05, 0.1) is 0 Å². The highest BCUT2D eigenvalue weighted by molar-refractivity contribution is 5.87. The molecule has 0 bridgehead atoms. The fourth-order valence-corrected chi connectivity index (χ4v) is 2.34. The molecule has 0 aliphatic carbocycles. The molecule has 0 saturated heterocycles. The standard InChI is InChI=1S/C15H15NO2/c1-9-6-10(2)14(11(3)7-9)12-4-5-16-13(8-12)15(17)18/h4-8H,1-3H3,(H,17,18). The number of hydrogen-bond acceptors (Lipinski definition) is 2. The lowest BCUT2D eigenvalue weighted by Crippen LogP contribution is -2.00. The zero-order valence-corrected chi connectivity index (χ0v) is 10.7. The fraction of sp³-hybridized carbons (Fsp3) is 0.200. The predicted molar refractivity (Wildman–Crippen MR) is 70.8 cm³/mol. The van der Waals surface area contributed by atoms with Gasteiger partial charge in [0.1, 0.15) is 5.69 Å². The van der Waals surface area contributed by atoms with Crippen LogP contribution in [0.2, 0.25) is 0 Å². The normalized spacial score (nSPS) is 10.4. The lowest BCUT2D eigenvalue weighted by atomic mass is 9.94. The van der Waals surface area contributed by atoms with Crippen LogP contribution in [-0.2, 0) is 0 Å². The van der Waals surface area contributed by atoms with Gasteiger partial charge in [-0.1, -0.05) is 17.7 Å². The van der Waals surface area contributed by atoms with Crippen molar-refractivity contribution in [3.8, 4) is 11.1 Å². The minimum atomic E-state index is -1.00. The van der Waals surface area contributed by atoms with E-state index in [2.05, 4.69) is 24.0 Å². The molecule has 0 spiro atoms. The van der Waals surface area contributed by atoms with Gasteiger partial charge in [-0.15, -0.1) is 0 Å². The summed E-state index contributed by atoms with van der Waals surface area (Å²) in [6.07, 6.45) is 1.54. The number of pyridine rings is 1. The molecule has 2 rings (SSSR count). The largest absolute Gasteiger partial charge is 0.477 e. The molecule has 1 heterocycles. The third-order valence-corrected chi connectivity index (χ3v) is 2.94. The van der Waals surface area contributed by atoms with Gasteiger partial charge in [0.25, 0.3) is 0 Å². The van der Waals surface area contributed by atoms with Crippen molar-refractivity contribution in [2.24, 2.45) is 0 Å². The van der Waals surface area contributed by atoms with Crippen molar-refractivity contribution in [2.75, 3.05) is 0 Å². The zero-order chi connectivity index (χ0) is 13.3. The molecule has 0 fully saturated rings. The highest BCUT2D eigenvalue weighted by Gasteiger charge is 2.10. The SMILES string of the molecule is Cc1cc(C)c(-c2ccnc(C(=O)O)c2)c(C)c1. The van der Waals surface area contributed by atoms with Gasteiger partial charge < -0.3 is 5.11 Å². The van der Waals surface area contributed by atoms with E-state index in [1.54, 1.807) is 6.07 Å². The Morgan fingerprint density at radius 2 is 1.72 bits per heavy atom. The third kappa shape index (κ3) is 2.25. The van der Waals surface area contributed by atoms with Gasteiger partial charge in [-0.25, -0.2) is 9.78 Å². The Bertz CT molecular complexity index is 595. The summed E-state index contributed by atoms with van der Waals surface area (Å²) in [7, 11) is 0. The molecule has 1 aromatic heterocycles. The van der Waals surface area contributed by atoms with Gasteiger partial charge in [0.2, 0.25) is 0 Å². The second-order valence-corrected chi connectivity index (χ2v) is 4.51. The van der Waals surface area contributed by atoms with Crippen molar-refractivity contribution in [3.63, 3.8) is 0 Å². The number of carboxylic acid groups (broad SMARTS) is 1. The molecular formula is C15H15NO2. The first-order valence-corrected chi connectivity index (χ1v) is 5.76. The van der Waals surface area contributed by atoms with Crippen LogP contribution in [0.3, 0.4) is 0 Å². The number of nitrogens with zero attached hydrogens (tertiary/aromatic N) is 1. The molecule has 0 aliphatic heterocycles. The topological polar surface area (TPSA) is 50.2 Å². The molecule has 3 nitrogen and oxygen atoms in total. The maximum absolute atomic E-state index is 10.9. The van der Waals surface area contributed by atoms with E-state index in [1.807, 2.05) is 19.9 Å². The van der Waals surface area contributed by atoms with Crippen molar-refractivity contribution >= 4 is 5.97 Å². The van der Waals surface area contributed by atoms with E-state index in [0.29, 0.717) is 0 Å². The first-order chi connectivity index (χ1) is 8.49. The maximum atomic E-state index is 10.9. The number of carboxylic acids is 1. The Hall–Kier alpha value is -2.16. The predicted octanol–water partition coefficient (Wildman–Crippen LogP) is 3.37. The van der Waals surface area contributed by atoms with Crippen molar-refractivity contribution in [1.29, 1.82) is 0 Å². The number of aryl methyl sites for hydroxylation is 3. The number of benzene rings is 1. The molecule has 0 atom stereocenters. The summed E-state index contributed by atoms with van der Waals surface area (Å²) in [5.74, 6) is -1.00. The first-order valence-electron chi connectivity index (χ1n) is 5.76. The Balaban J connectivity index is 2.62. The van der Waals surface area contributed by atoms with E-state index in [0.717, 1.165) is 22.3 Å². The summed E-state index contributed by atoms with van der Waals surface area (Å²) in [5, 5.41) is 8.98. The maximum Gasteiger partial charge on any atom is 0.354 e. The van der Waals surface area contributed by atoms with Crippen molar-refractivity contribution in [2.45, 2.75) is 20.8 Å². The number of aromatic carboxylic acids is 1. The van der Waals surface area contributed by atoms with Crippen molar-refractivity contribution in [1.82, 2.24) is 4.98 Å². The molecule has 92 valence electrons. The second kappa shape index (κ2) is 4.61. The Morgan fingerprint density at radius 3 is 2.28 bits per heavy atom. The minimum absolute atomic E-state index is 0.0758. The van der Waals surface area contributed by atoms with Crippen LogP contribution in [0, 0.1) is 20.8 Å². The summed E-state index contributed by atoms with van der Waals surface area (Å²) >= 11 is 0. The quantitative estimate of drug-likeness (QED) is 0.876. The van der Waals surface area contributed by atoms with Crippen LogP contribution < -0.4 is 0 Å². The van der Waals surface area contributed by atoms with E-state index in [-0.39, 0.29) is 5.69 Å². The van der Waals surface area contributed by atoms with E-state index in [1.165, 1.54) is 11.8 Å². The molecule has 0 aliphatic rings. The fourth-order valence-electron chi connectivity index (χ4n) is 2.34. The highest BCUT2D eigenvalue weighted by atomic mass is 16.4. The van der Waals surface area contributed by atoms with E-state index in [9.17, 15) is 4.79 Å². The van der Waals surface area contributed by atoms with Crippen LogP contribution in [0.4, 0.5) is 0 Å².